The minimum Gasteiger partial charge on any atom is -0.379 e. The number of thiophene rings is 1. The van der Waals surface area contributed by atoms with Crippen LogP contribution in [0.4, 0.5) is 5.69 Å². The minimum atomic E-state index is 0.762. The lowest BCUT2D eigenvalue weighted by Crippen LogP contribution is -2.01. The van der Waals surface area contributed by atoms with Gasteiger partial charge in [0.1, 0.15) is 12.7 Å². The summed E-state index contributed by atoms with van der Waals surface area (Å²) in [5.74, 6) is 0.762. The highest BCUT2D eigenvalue weighted by Gasteiger charge is 2.01. The number of hydrogen-bond donors (Lipinski definition) is 1. The third kappa shape index (κ3) is 2.85. The Morgan fingerprint density at radius 3 is 2.75 bits per heavy atom. The zero-order valence-electron chi connectivity index (χ0n) is 11.2. The van der Waals surface area contributed by atoms with Gasteiger partial charge in [0.05, 0.1) is 11.9 Å². The van der Waals surface area contributed by atoms with Gasteiger partial charge in [-0.15, -0.1) is 11.3 Å². The SMILES string of the molecule is CCc1ccc(CNc2ccc(-n3cncn3)nc2)s1. The van der Waals surface area contributed by atoms with Crippen LogP contribution in [0.2, 0.25) is 0 Å². The Labute approximate surface area is 121 Å². The van der Waals surface area contributed by atoms with Crippen molar-refractivity contribution in [3.63, 3.8) is 0 Å². The lowest BCUT2D eigenvalue weighted by Gasteiger charge is -2.05. The lowest BCUT2D eigenvalue weighted by molar-refractivity contribution is 0.845. The minimum absolute atomic E-state index is 0.762. The van der Waals surface area contributed by atoms with Gasteiger partial charge in [0.2, 0.25) is 0 Å². The molecule has 0 aliphatic rings. The Kier molecular flexibility index (Phi) is 3.73. The summed E-state index contributed by atoms with van der Waals surface area (Å²) >= 11 is 1.85. The fourth-order valence-electron chi connectivity index (χ4n) is 1.85. The summed E-state index contributed by atoms with van der Waals surface area (Å²) in [6, 6.07) is 8.28. The van der Waals surface area contributed by atoms with Crippen molar-refractivity contribution in [2.45, 2.75) is 19.9 Å². The molecule has 102 valence electrons. The molecule has 0 bridgehead atoms. The van der Waals surface area contributed by atoms with E-state index in [1.165, 1.54) is 16.1 Å². The van der Waals surface area contributed by atoms with Gasteiger partial charge < -0.3 is 5.32 Å². The van der Waals surface area contributed by atoms with Gasteiger partial charge in [0.15, 0.2) is 5.82 Å². The van der Waals surface area contributed by atoms with Gasteiger partial charge in [0, 0.05) is 16.3 Å². The molecule has 3 heterocycles. The number of nitrogens with one attached hydrogen (secondary N) is 1. The molecule has 0 aliphatic heterocycles. The second-order valence-electron chi connectivity index (χ2n) is 4.32. The number of anilines is 1. The lowest BCUT2D eigenvalue weighted by atomic mass is 10.3. The summed E-state index contributed by atoms with van der Waals surface area (Å²) in [5.41, 5.74) is 1.00. The van der Waals surface area contributed by atoms with Crippen molar-refractivity contribution in [2.75, 3.05) is 5.32 Å². The highest BCUT2D eigenvalue weighted by atomic mass is 32.1. The molecule has 0 aliphatic carbocycles. The van der Waals surface area contributed by atoms with E-state index in [0.717, 1.165) is 24.5 Å². The molecule has 3 aromatic rings. The summed E-state index contributed by atoms with van der Waals surface area (Å²) in [4.78, 5) is 11.0. The molecule has 0 saturated carbocycles. The molecular formula is C14H15N5S. The quantitative estimate of drug-likeness (QED) is 0.783. The first-order chi connectivity index (χ1) is 9.85. The monoisotopic (exact) mass is 285 g/mol. The molecule has 0 spiro atoms. The van der Waals surface area contributed by atoms with Gasteiger partial charge in [-0.1, -0.05) is 6.92 Å². The van der Waals surface area contributed by atoms with Crippen LogP contribution >= 0.6 is 11.3 Å². The van der Waals surface area contributed by atoms with Crippen molar-refractivity contribution in [3.05, 3.63) is 52.9 Å². The molecule has 3 aromatic heterocycles. The van der Waals surface area contributed by atoms with E-state index in [2.05, 4.69) is 39.4 Å². The summed E-state index contributed by atoms with van der Waals surface area (Å²) in [6.07, 6.45) is 6.04. The zero-order chi connectivity index (χ0) is 13.8. The molecule has 20 heavy (non-hydrogen) atoms. The molecule has 6 heteroatoms. The van der Waals surface area contributed by atoms with Crippen LogP contribution in [0.3, 0.4) is 0 Å². The summed E-state index contributed by atoms with van der Waals surface area (Å²) in [6.45, 7) is 3.00. The van der Waals surface area contributed by atoms with Crippen LogP contribution in [0.5, 0.6) is 0 Å². The van der Waals surface area contributed by atoms with E-state index in [9.17, 15) is 0 Å². The predicted molar refractivity (Wildman–Crippen MR) is 80.2 cm³/mol. The van der Waals surface area contributed by atoms with Gasteiger partial charge in [0.25, 0.3) is 0 Å². The molecule has 0 atom stereocenters. The molecular weight excluding hydrogens is 270 g/mol. The molecule has 0 unspecified atom stereocenters. The number of pyridine rings is 1. The van der Waals surface area contributed by atoms with E-state index in [4.69, 9.17) is 0 Å². The molecule has 3 rings (SSSR count). The average Bonchev–Trinajstić information content (AvgIpc) is 3.17. The normalized spacial score (nSPS) is 10.7. The third-order valence-electron chi connectivity index (χ3n) is 2.93. The Balaban J connectivity index is 1.63. The van der Waals surface area contributed by atoms with Crippen LogP contribution in [0.15, 0.2) is 43.1 Å². The maximum atomic E-state index is 4.36. The van der Waals surface area contributed by atoms with E-state index in [0.29, 0.717) is 0 Å². The highest BCUT2D eigenvalue weighted by molar-refractivity contribution is 7.12. The van der Waals surface area contributed by atoms with E-state index in [1.54, 1.807) is 11.0 Å². The summed E-state index contributed by atoms with van der Waals surface area (Å²) < 4.78 is 1.64. The number of rotatable bonds is 5. The van der Waals surface area contributed by atoms with E-state index >= 15 is 0 Å². The fourth-order valence-corrected chi connectivity index (χ4v) is 2.75. The number of hydrogen-bond acceptors (Lipinski definition) is 5. The van der Waals surface area contributed by atoms with Crippen LogP contribution in [0.25, 0.3) is 5.82 Å². The largest absolute Gasteiger partial charge is 0.379 e. The Bertz CT molecular complexity index is 657. The molecule has 1 N–H and O–H groups in total. The molecule has 0 amide bonds. The number of aromatic nitrogens is 4. The first kappa shape index (κ1) is 12.8. The van der Waals surface area contributed by atoms with Crippen molar-refractivity contribution in [1.29, 1.82) is 0 Å². The van der Waals surface area contributed by atoms with Gasteiger partial charge >= 0.3 is 0 Å². The van der Waals surface area contributed by atoms with Crippen molar-refractivity contribution in [3.8, 4) is 5.82 Å². The van der Waals surface area contributed by atoms with Crippen LogP contribution in [0.1, 0.15) is 16.7 Å². The van der Waals surface area contributed by atoms with Crippen LogP contribution in [-0.2, 0) is 13.0 Å². The van der Waals surface area contributed by atoms with Crippen LogP contribution in [-0.4, -0.2) is 19.7 Å². The van der Waals surface area contributed by atoms with Gasteiger partial charge in [-0.25, -0.2) is 14.6 Å². The average molecular weight is 285 g/mol. The number of aryl methyl sites for hydroxylation is 1. The van der Waals surface area contributed by atoms with Gasteiger partial charge in [-0.05, 0) is 30.7 Å². The topological polar surface area (TPSA) is 55.6 Å². The molecule has 5 nitrogen and oxygen atoms in total. The number of nitrogens with zero attached hydrogens (tertiary/aromatic N) is 4. The first-order valence-corrected chi connectivity index (χ1v) is 7.29. The van der Waals surface area contributed by atoms with Crippen LogP contribution in [0, 0.1) is 0 Å². The summed E-state index contributed by atoms with van der Waals surface area (Å²) in [5, 5.41) is 7.42. The smallest absolute Gasteiger partial charge is 0.155 e. The van der Waals surface area contributed by atoms with Crippen molar-refractivity contribution in [1.82, 2.24) is 19.7 Å². The second kappa shape index (κ2) is 5.83. The predicted octanol–water partition coefficient (Wildman–Crippen LogP) is 2.90. The maximum Gasteiger partial charge on any atom is 0.155 e. The van der Waals surface area contributed by atoms with Gasteiger partial charge in [-0.3, -0.25) is 0 Å². The van der Waals surface area contributed by atoms with Crippen LogP contribution < -0.4 is 5.32 Å². The zero-order valence-corrected chi connectivity index (χ0v) is 12.0. The van der Waals surface area contributed by atoms with E-state index in [-0.39, 0.29) is 0 Å². The second-order valence-corrected chi connectivity index (χ2v) is 5.57. The molecule has 0 aromatic carbocycles. The van der Waals surface area contributed by atoms with E-state index in [1.807, 2.05) is 29.7 Å². The summed E-state index contributed by atoms with van der Waals surface area (Å²) in [7, 11) is 0. The van der Waals surface area contributed by atoms with Gasteiger partial charge in [-0.2, -0.15) is 5.10 Å². The Morgan fingerprint density at radius 2 is 2.10 bits per heavy atom. The first-order valence-electron chi connectivity index (χ1n) is 6.47. The van der Waals surface area contributed by atoms with E-state index < -0.39 is 0 Å². The molecule has 0 fully saturated rings. The maximum absolute atomic E-state index is 4.36. The Hall–Kier alpha value is -2.21. The molecule has 0 radical (unpaired) electrons. The fraction of sp³-hybridized carbons (Fsp3) is 0.214. The van der Waals surface area contributed by atoms with Crippen molar-refractivity contribution in [2.24, 2.45) is 0 Å². The third-order valence-corrected chi connectivity index (χ3v) is 4.16. The highest BCUT2D eigenvalue weighted by Crippen LogP contribution is 2.18. The standard InChI is InChI=1S/C14H15N5S/c1-2-12-4-5-13(20-12)8-16-11-3-6-14(17-7-11)19-10-15-9-18-19/h3-7,9-10,16H,2,8H2,1H3. The molecule has 0 saturated heterocycles. The van der Waals surface area contributed by atoms with Crippen molar-refractivity contribution < 1.29 is 0 Å². The Morgan fingerprint density at radius 1 is 1.20 bits per heavy atom. The van der Waals surface area contributed by atoms with Crippen molar-refractivity contribution >= 4 is 17.0 Å².